The van der Waals surface area contributed by atoms with Gasteiger partial charge in [-0.05, 0) is 13.3 Å². The largest absolute Gasteiger partial charge is 0.381 e. The number of carbonyl (C=O) groups is 1. The van der Waals surface area contributed by atoms with Gasteiger partial charge in [0.2, 0.25) is 15.9 Å². The van der Waals surface area contributed by atoms with Crippen LogP contribution in [0.4, 0.5) is 5.82 Å². The van der Waals surface area contributed by atoms with Crippen LogP contribution in [0.1, 0.15) is 12.1 Å². The number of aromatic nitrogens is 2. The number of amides is 1. The van der Waals surface area contributed by atoms with Crippen molar-refractivity contribution in [1.29, 1.82) is 0 Å². The van der Waals surface area contributed by atoms with Gasteiger partial charge in [0.1, 0.15) is 4.90 Å². The normalized spacial score (nSPS) is 18.1. The Balaban J connectivity index is 2.44. The molecule has 1 saturated heterocycles. The molecule has 19 heavy (non-hydrogen) atoms. The van der Waals surface area contributed by atoms with Gasteiger partial charge in [0.25, 0.3) is 0 Å². The van der Waals surface area contributed by atoms with Crippen LogP contribution < -0.4 is 11.1 Å². The monoisotopic (exact) mass is 287 g/mol. The van der Waals surface area contributed by atoms with E-state index in [9.17, 15) is 13.2 Å². The number of rotatable bonds is 2. The zero-order chi connectivity index (χ0) is 14.2. The summed E-state index contributed by atoms with van der Waals surface area (Å²) in [6.07, 6.45) is 0.574. The number of aryl methyl sites for hydroxylation is 1. The molecule has 8 nitrogen and oxygen atoms in total. The van der Waals surface area contributed by atoms with E-state index in [0.717, 1.165) is 4.31 Å². The van der Waals surface area contributed by atoms with E-state index < -0.39 is 10.0 Å². The lowest BCUT2D eigenvalue weighted by atomic mass is 10.4. The smallest absolute Gasteiger partial charge is 0.249 e. The fourth-order valence-electron chi connectivity index (χ4n) is 2.05. The average molecular weight is 287 g/mol. The van der Waals surface area contributed by atoms with E-state index in [0.29, 0.717) is 18.7 Å². The van der Waals surface area contributed by atoms with Gasteiger partial charge in [0.05, 0.1) is 12.2 Å². The van der Waals surface area contributed by atoms with Crippen molar-refractivity contribution in [2.75, 3.05) is 25.4 Å². The third-order valence-electron chi connectivity index (χ3n) is 3.13. The maximum Gasteiger partial charge on any atom is 0.249 e. The summed E-state index contributed by atoms with van der Waals surface area (Å²) in [6.45, 7) is 2.21. The van der Waals surface area contributed by atoms with Gasteiger partial charge in [-0.3, -0.25) is 9.48 Å². The second kappa shape index (κ2) is 4.82. The van der Waals surface area contributed by atoms with E-state index in [4.69, 9.17) is 5.73 Å². The minimum atomic E-state index is -3.79. The summed E-state index contributed by atoms with van der Waals surface area (Å²) in [5.74, 6) is -0.342. The zero-order valence-electron chi connectivity index (χ0n) is 10.9. The number of nitrogens with two attached hydrogens (primary N) is 1. The molecular formula is C10H17N5O3S. The molecule has 106 valence electrons. The fraction of sp³-hybridized carbons (Fsp3) is 0.600. The van der Waals surface area contributed by atoms with E-state index in [-0.39, 0.29) is 29.7 Å². The molecule has 0 saturated carbocycles. The lowest BCUT2D eigenvalue weighted by Crippen LogP contribution is -2.37. The first-order valence-corrected chi connectivity index (χ1v) is 7.34. The Morgan fingerprint density at radius 1 is 1.42 bits per heavy atom. The molecule has 1 amide bonds. The second-order valence-electron chi connectivity index (χ2n) is 4.47. The Bertz CT molecular complexity index is 607. The molecule has 0 bridgehead atoms. The second-order valence-corrected chi connectivity index (χ2v) is 6.34. The number of hydrogen-bond donors (Lipinski definition) is 2. The molecule has 1 fully saturated rings. The summed E-state index contributed by atoms with van der Waals surface area (Å²) in [4.78, 5) is 11.5. The van der Waals surface area contributed by atoms with Gasteiger partial charge in [0, 0.05) is 20.1 Å². The van der Waals surface area contributed by atoms with Gasteiger partial charge in [-0.1, -0.05) is 0 Å². The van der Waals surface area contributed by atoms with E-state index >= 15 is 0 Å². The fourth-order valence-corrected chi connectivity index (χ4v) is 3.77. The average Bonchev–Trinajstić information content (AvgIpc) is 2.51. The van der Waals surface area contributed by atoms with Crippen molar-refractivity contribution in [3.05, 3.63) is 5.69 Å². The van der Waals surface area contributed by atoms with Gasteiger partial charge in [-0.25, -0.2) is 8.42 Å². The number of sulfonamides is 1. The van der Waals surface area contributed by atoms with Gasteiger partial charge in [0.15, 0.2) is 5.82 Å². The number of anilines is 1. The van der Waals surface area contributed by atoms with E-state index in [1.807, 2.05) is 0 Å². The third kappa shape index (κ3) is 2.43. The van der Waals surface area contributed by atoms with Crippen molar-refractivity contribution in [3.8, 4) is 0 Å². The molecule has 0 aliphatic carbocycles. The molecule has 0 radical (unpaired) electrons. The molecule has 0 atom stereocenters. The van der Waals surface area contributed by atoms with Crippen LogP contribution in [0.15, 0.2) is 4.90 Å². The Kier molecular flexibility index (Phi) is 3.50. The summed E-state index contributed by atoms with van der Waals surface area (Å²) in [7, 11) is -2.17. The summed E-state index contributed by atoms with van der Waals surface area (Å²) in [6, 6.07) is 0. The Labute approximate surface area is 111 Å². The van der Waals surface area contributed by atoms with Crippen molar-refractivity contribution in [1.82, 2.24) is 19.4 Å². The highest BCUT2D eigenvalue weighted by atomic mass is 32.2. The first-order chi connectivity index (χ1) is 8.84. The van der Waals surface area contributed by atoms with Crippen LogP contribution in [-0.4, -0.2) is 48.0 Å². The topological polar surface area (TPSA) is 110 Å². The number of hydrogen-bond acceptors (Lipinski definition) is 5. The van der Waals surface area contributed by atoms with Crippen molar-refractivity contribution in [3.63, 3.8) is 0 Å². The van der Waals surface area contributed by atoms with Crippen LogP contribution in [0.5, 0.6) is 0 Å². The quantitative estimate of drug-likeness (QED) is 0.711. The molecule has 0 unspecified atom stereocenters. The molecule has 1 aromatic heterocycles. The highest BCUT2D eigenvalue weighted by Crippen LogP contribution is 2.25. The number of carbonyl (C=O) groups excluding carboxylic acids is 1. The molecule has 1 aromatic rings. The van der Waals surface area contributed by atoms with Crippen molar-refractivity contribution < 1.29 is 13.2 Å². The minimum Gasteiger partial charge on any atom is -0.381 e. The molecule has 2 heterocycles. The highest BCUT2D eigenvalue weighted by Gasteiger charge is 2.33. The lowest BCUT2D eigenvalue weighted by molar-refractivity contribution is -0.120. The predicted octanol–water partition coefficient (Wildman–Crippen LogP) is -1.18. The predicted molar refractivity (Wildman–Crippen MR) is 68.7 cm³/mol. The van der Waals surface area contributed by atoms with Crippen molar-refractivity contribution in [2.45, 2.75) is 18.2 Å². The molecule has 0 aromatic carbocycles. The van der Waals surface area contributed by atoms with Crippen molar-refractivity contribution in [2.24, 2.45) is 7.05 Å². The Morgan fingerprint density at radius 2 is 2.11 bits per heavy atom. The Morgan fingerprint density at radius 3 is 2.68 bits per heavy atom. The first-order valence-electron chi connectivity index (χ1n) is 5.90. The summed E-state index contributed by atoms with van der Waals surface area (Å²) in [5, 5.41) is 6.54. The molecule has 3 N–H and O–H groups in total. The molecule has 2 rings (SSSR count). The van der Waals surface area contributed by atoms with Crippen LogP contribution >= 0.6 is 0 Å². The summed E-state index contributed by atoms with van der Waals surface area (Å²) >= 11 is 0. The molecule has 9 heteroatoms. The maximum atomic E-state index is 12.6. The number of nitrogen functional groups attached to an aromatic ring is 1. The van der Waals surface area contributed by atoms with Crippen LogP contribution in [-0.2, 0) is 21.9 Å². The van der Waals surface area contributed by atoms with Crippen LogP contribution in [0.2, 0.25) is 0 Å². The first kappa shape index (κ1) is 13.8. The van der Waals surface area contributed by atoms with Gasteiger partial charge in [-0.2, -0.15) is 9.40 Å². The lowest BCUT2D eigenvalue weighted by Gasteiger charge is -2.18. The standard InChI is InChI=1S/C10H17N5O3S/c1-7-9(10(11)13-14(7)2)19(17,18)15-5-3-4-12-8(16)6-15/h3-6H2,1-2H3,(H2,11,13)(H,12,16). The molecule has 0 spiro atoms. The molecule has 1 aliphatic rings. The van der Waals surface area contributed by atoms with Crippen molar-refractivity contribution >= 4 is 21.7 Å². The van der Waals surface area contributed by atoms with Gasteiger partial charge >= 0.3 is 0 Å². The summed E-state index contributed by atoms with van der Waals surface area (Å²) < 4.78 is 27.7. The Hall–Kier alpha value is -1.61. The van der Waals surface area contributed by atoms with E-state index in [2.05, 4.69) is 10.4 Å². The molecular weight excluding hydrogens is 270 g/mol. The van der Waals surface area contributed by atoms with Crippen LogP contribution in [0.25, 0.3) is 0 Å². The van der Waals surface area contributed by atoms with E-state index in [1.54, 1.807) is 14.0 Å². The molecule has 1 aliphatic heterocycles. The highest BCUT2D eigenvalue weighted by molar-refractivity contribution is 7.89. The number of nitrogens with one attached hydrogen (secondary N) is 1. The zero-order valence-corrected chi connectivity index (χ0v) is 11.7. The number of nitrogens with zero attached hydrogens (tertiary/aromatic N) is 3. The van der Waals surface area contributed by atoms with Crippen LogP contribution in [0, 0.1) is 6.92 Å². The van der Waals surface area contributed by atoms with Crippen LogP contribution in [0.3, 0.4) is 0 Å². The third-order valence-corrected chi connectivity index (χ3v) is 5.14. The van der Waals surface area contributed by atoms with Gasteiger partial charge < -0.3 is 11.1 Å². The van der Waals surface area contributed by atoms with E-state index in [1.165, 1.54) is 4.68 Å². The van der Waals surface area contributed by atoms with Gasteiger partial charge in [-0.15, -0.1) is 0 Å². The maximum absolute atomic E-state index is 12.6. The minimum absolute atomic E-state index is 0.00954. The SMILES string of the molecule is Cc1c(S(=O)(=O)N2CCCNC(=O)C2)c(N)nn1C. The summed E-state index contributed by atoms with van der Waals surface area (Å²) in [5.41, 5.74) is 6.13.